The lowest BCUT2D eigenvalue weighted by molar-refractivity contribution is -0.120. The lowest BCUT2D eigenvalue weighted by Crippen LogP contribution is -2.20. The Morgan fingerprint density at radius 3 is 2.75 bits per heavy atom. The molecule has 1 amide bonds. The minimum Gasteiger partial charge on any atom is -0.399 e. The monoisotopic (exact) mass is 240 g/mol. The van der Waals surface area contributed by atoms with Crippen LogP contribution >= 0.6 is 0 Å². The van der Waals surface area contributed by atoms with Crippen LogP contribution in [-0.4, -0.2) is 22.9 Å². The van der Waals surface area contributed by atoms with Crippen LogP contribution in [0.5, 0.6) is 0 Å². The van der Waals surface area contributed by atoms with Crippen molar-refractivity contribution in [2.24, 2.45) is 0 Å². The van der Waals surface area contributed by atoms with Gasteiger partial charge in [0, 0.05) is 29.8 Å². The summed E-state index contributed by atoms with van der Waals surface area (Å²) in [7, 11) is 0.427. The number of carbonyl (C=O) groups excluding carboxylic acids is 1. The zero-order chi connectivity index (χ0) is 12.1. The van der Waals surface area contributed by atoms with Crippen LogP contribution in [0.1, 0.15) is 12.0 Å². The summed E-state index contributed by atoms with van der Waals surface area (Å²) in [5.74, 6) is 0.242. The number of nitrogens with one attached hydrogen (secondary N) is 1. The normalized spacial score (nSPS) is 12.1. The van der Waals surface area contributed by atoms with Crippen molar-refractivity contribution in [3.63, 3.8) is 0 Å². The zero-order valence-electron chi connectivity index (χ0n) is 9.45. The van der Waals surface area contributed by atoms with Crippen molar-refractivity contribution in [2.45, 2.75) is 18.2 Å². The Balaban J connectivity index is 2.70. The fraction of sp³-hybridized carbons (Fsp3) is 0.364. The first-order chi connectivity index (χ1) is 7.54. The first-order valence-corrected chi connectivity index (χ1v) is 6.31. The Morgan fingerprint density at radius 1 is 1.50 bits per heavy atom. The molecule has 1 unspecified atom stereocenters. The van der Waals surface area contributed by atoms with E-state index in [1.807, 2.05) is 6.92 Å². The highest BCUT2D eigenvalue weighted by atomic mass is 32.2. The number of benzene rings is 1. The van der Waals surface area contributed by atoms with Gasteiger partial charge in [0.2, 0.25) is 5.91 Å². The molecule has 0 heterocycles. The maximum Gasteiger partial charge on any atom is 0.220 e. The van der Waals surface area contributed by atoms with E-state index >= 15 is 0 Å². The highest BCUT2D eigenvalue weighted by molar-refractivity contribution is 7.85. The molecule has 0 bridgehead atoms. The van der Waals surface area contributed by atoms with E-state index in [0.717, 1.165) is 10.5 Å². The minimum absolute atomic E-state index is 0.0959. The van der Waals surface area contributed by atoms with Crippen molar-refractivity contribution in [1.82, 2.24) is 5.32 Å². The van der Waals surface area contributed by atoms with E-state index in [-0.39, 0.29) is 12.3 Å². The third-order valence-electron chi connectivity index (χ3n) is 2.24. The second kappa shape index (κ2) is 5.65. The largest absolute Gasteiger partial charge is 0.399 e. The van der Waals surface area contributed by atoms with Gasteiger partial charge in [0.1, 0.15) is 0 Å². The molecule has 0 fully saturated rings. The Bertz CT molecular complexity index is 418. The predicted octanol–water partition coefficient (Wildman–Crippen LogP) is 0.821. The van der Waals surface area contributed by atoms with E-state index < -0.39 is 10.8 Å². The zero-order valence-corrected chi connectivity index (χ0v) is 10.3. The fourth-order valence-corrected chi connectivity index (χ4v) is 2.58. The molecule has 0 saturated carbocycles. The molecule has 1 rings (SSSR count). The number of nitrogens with two attached hydrogens (primary N) is 1. The molecule has 0 aliphatic heterocycles. The van der Waals surface area contributed by atoms with E-state index in [1.165, 1.54) is 0 Å². The van der Waals surface area contributed by atoms with Gasteiger partial charge in [-0.1, -0.05) is 0 Å². The fourth-order valence-electron chi connectivity index (χ4n) is 1.35. The molecule has 0 aliphatic rings. The number of nitrogen functional groups attached to an aromatic ring is 1. The van der Waals surface area contributed by atoms with Crippen LogP contribution in [0.15, 0.2) is 23.1 Å². The quantitative estimate of drug-likeness (QED) is 0.765. The van der Waals surface area contributed by atoms with Gasteiger partial charge in [-0.05, 0) is 30.7 Å². The SMILES string of the molecule is CNC(=O)CCS(=O)c1ccc(N)cc1C. The van der Waals surface area contributed by atoms with Crippen LogP contribution in [0.4, 0.5) is 5.69 Å². The lowest BCUT2D eigenvalue weighted by Gasteiger charge is -2.06. The molecular formula is C11H16N2O2S. The number of anilines is 1. The summed E-state index contributed by atoms with van der Waals surface area (Å²) >= 11 is 0. The summed E-state index contributed by atoms with van der Waals surface area (Å²) in [6, 6.07) is 5.26. The van der Waals surface area contributed by atoms with E-state index in [0.29, 0.717) is 11.4 Å². The molecule has 88 valence electrons. The summed E-state index contributed by atoms with van der Waals surface area (Å²) in [5, 5.41) is 2.50. The van der Waals surface area contributed by atoms with E-state index in [9.17, 15) is 9.00 Å². The molecule has 0 aromatic heterocycles. The molecule has 0 aliphatic carbocycles. The minimum atomic E-state index is -1.14. The number of hydrogen-bond donors (Lipinski definition) is 2. The van der Waals surface area contributed by atoms with E-state index in [4.69, 9.17) is 5.73 Å². The summed E-state index contributed by atoms with van der Waals surface area (Å²) in [6.07, 6.45) is 0.271. The van der Waals surface area contributed by atoms with Gasteiger partial charge in [0.05, 0.1) is 10.8 Å². The highest BCUT2D eigenvalue weighted by Crippen LogP contribution is 2.16. The standard InChI is InChI=1S/C11H16N2O2S/c1-8-7-9(12)3-4-10(8)16(15)6-5-11(14)13-2/h3-4,7H,5-6,12H2,1-2H3,(H,13,14). The summed E-state index contributed by atoms with van der Waals surface area (Å²) in [4.78, 5) is 11.8. The molecule has 1 aromatic carbocycles. The smallest absolute Gasteiger partial charge is 0.220 e. The van der Waals surface area contributed by atoms with E-state index in [1.54, 1.807) is 25.2 Å². The van der Waals surface area contributed by atoms with Crippen LogP contribution in [0, 0.1) is 6.92 Å². The molecule has 1 aromatic rings. The third kappa shape index (κ3) is 3.34. The molecule has 1 atom stereocenters. The average Bonchev–Trinajstić information content (AvgIpc) is 2.25. The van der Waals surface area contributed by atoms with E-state index in [2.05, 4.69) is 5.32 Å². The van der Waals surface area contributed by atoms with Gasteiger partial charge in [-0.3, -0.25) is 9.00 Å². The second-order valence-corrected chi connectivity index (χ2v) is 5.04. The van der Waals surface area contributed by atoms with Gasteiger partial charge >= 0.3 is 0 Å². The summed E-state index contributed by atoms with van der Waals surface area (Å²) in [5.41, 5.74) is 7.16. The summed E-state index contributed by atoms with van der Waals surface area (Å²) < 4.78 is 11.9. The van der Waals surface area contributed by atoms with Gasteiger partial charge in [0.15, 0.2) is 0 Å². The number of hydrogen-bond acceptors (Lipinski definition) is 3. The van der Waals surface area contributed by atoms with Gasteiger partial charge < -0.3 is 11.1 Å². The maximum atomic E-state index is 11.9. The first-order valence-electron chi connectivity index (χ1n) is 4.99. The second-order valence-electron chi connectivity index (χ2n) is 3.50. The van der Waals surface area contributed by atoms with Gasteiger partial charge in [-0.15, -0.1) is 0 Å². The van der Waals surface area contributed by atoms with Crippen LogP contribution < -0.4 is 11.1 Å². The Kier molecular flexibility index (Phi) is 4.49. The highest BCUT2D eigenvalue weighted by Gasteiger charge is 2.09. The molecule has 0 spiro atoms. The predicted molar refractivity (Wildman–Crippen MR) is 65.6 cm³/mol. The summed E-state index contributed by atoms with van der Waals surface area (Å²) in [6.45, 7) is 1.86. The van der Waals surface area contributed by atoms with Crippen LogP contribution in [0.25, 0.3) is 0 Å². The average molecular weight is 240 g/mol. The lowest BCUT2D eigenvalue weighted by atomic mass is 10.2. The third-order valence-corrected chi connectivity index (χ3v) is 3.76. The van der Waals surface area contributed by atoms with Crippen molar-refractivity contribution in [1.29, 1.82) is 0 Å². The number of rotatable bonds is 4. The molecular weight excluding hydrogens is 224 g/mol. The number of carbonyl (C=O) groups is 1. The van der Waals surface area contributed by atoms with Crippen molar-refractivity contribution in [3.05, 3.63) is 23.8 Å². The Morgan fingerprint density at radius 2 is 2.19 bits per heavy atom. The van der Waals surface area contributed by atoms with Crippen molar-refractivity contribution in [2.75, 3.05) is 18.5 Å². The molecule has 0 saturated heterocycles. The first kappa shape index (κ1) is 12.7. The Labute approximate surface area is 97.7 Å². The van der Waals surface area contributed by atoms with Crippen LogP contribution in [-0.2, 0) is 15.6 Å². The molecule has 3 N–H and O–H groups in total. The van der Waals surface area contributed by atoms with Gasteiger partial charge in [0.25, 0.3) is 0 Å². The van der Waals surface area contributed by atoms with Gasteiger partial charge in [-0.2, -0.15) is 0 Å². The van der Waals surface area contributed by atoms with Gasteiger partial charge in [-0.25, -0.2) is 0 Å². The van der Waals surface area contributed by atoms with Crippen molar-refractivity contribution < 1.29 is 9.00 Å². The number of aryl methyl sites for hydroxylation is 1. The van der Waals surface area contributed by atoms with Crippen LogP contribution in [0.2, 0.25) is 0 Å². The Hall–Kier alpha value is -1.36. The molecule has 16 heavy (non-hydrogen) atoms. The van der Waals surface area contributed by atoms with Crippen molar-refractivity contribution in [3.8, 4) is 0 Å². The van der Waals surface area contributed by atoms with Crippen molar-refractivity contribution >= 4 is 22.4 Å². The maximum absolute atomic E-state index is 11.9. The molecule has 0 radical (unpaired) electrons. The topological polar surface area (TPSA) is 72.2 Å². The molecule has 5 heteroatoms. The number of amides is 1. The molecule has 4 nitrogen and oxygen atoms in total. The van der Waals surface area contributed by atoms with Crippen LogP contribution in [0.3, 0.4) is 0 Å².